The number of carbonyl (C=O) groups excluding carboxylic acids is 2. The first kappa shape index (κ1) is 19.2. The van der Waals surface area contributed by atoms with Crippen LogP contribution >= 0.6 is 0 Å². The average molecular weight is 428 g/mol. The molecule has 0 bridgehead atoms. The number of amidine groups is 1. The van der Waals surface area contributed by atoms with Crippen molar-refractivity contribution >= 4 is 35.0 Å². The molecular weight excluding hydrogens is 404 g/mol. The van der Waals surface area contributed by atoms with Gasteiger partial charge in [0.15, 0.2) is 12.5 Å². The van der Waals surface area contributed by atoms with Crippen molar-refractivity contribution in [1.29, 1.82) is 0 Å². The molecule has 0 radical (unpaired) electrons. The van der Waals surface area contributed by atoms with E-state index >= 15 is 0 Å². The highest BCUT2D eigenvalue weighted by atomic mass is 16.1. The van der Waals surface area contributed by atoms with Crippen molar-refractivity contribution < 1.29 is 9.59 Å². The van der Waals surface area contributed by atoms with Gasteiger partial charge in [-0.2, -0.15) is 10.2 Å². The maximum atomic E-state index is 11.7. The number of hydrogen-bond acceptors (Lipinski definition) is 7. The molecule has 1 saturated carbocycles. The number of nitrogens with zero attached hydrogens (tertiary/aromatic N) is 4. The molecule has 1 unspecified atom stereocenters. The standard InChI is InChI=1S/C24H24N6O2/c31-14-23-28-27-22(9-16-12-29(13-16)24(15-32)7-8-24)30(23)20-5-3-17(4-6-20)18-1-2-19-11-25-26-21(19)10-18/h1-6,10-11,14-16,23,28H,7-9,12-13H2,(H,25,26). The molecule has 32 heavy (non-hydrogen) atoms. The molecule has 3 aromatic rings. The van der Waals surface area contributed by atoms with Crippen LogP contribution in [0.2, 0.25) is 0 Å². The zero-order valence-corrected chi connectivity index (χ0v) is 17.6. The number of likely N-dealkylation sites (tertiary alicyclic amines) is 1. The Bertz CT molecular complexity index is 1210. The van der Waals surface area contributed by atoms with E-state index in [2.05, 4.69) is 56.0 Å². The average Bonchev–Trinajstić information content (AvgIpc) is 3.25. The van der Waals surface area contributed by atoms with Gasteiger partial charge >= 0.3 is 0 Å². The number of aromatic amines is 1. The fourth-order valence-electron chi connectivity index (χ4n) is 4.85. The van der Waals surface area contributed by atoms with Crippen LogP contribution in [0.3, 0.4) is 0 Å². The van der Waals surface area contributed by atoms with Crippen LogP contribution in [0.4, 0.5) is 5.69 Å². The Hall–Kier alpha value is -3.52. The number of H-pyrrole nitrogens is 1. The Balaban J connectivity index is 1.18. The lowest BCUT2D eigenvalue weighted by atomic mass is 9.92. The molecule has 1 atom stereocenters. The van der Waals surface area contributed by atoms with Crippen molar-refractivity contribution in [2.24, 2.45) is 11.0 Å². The summed E-state index contributed by atoms with van der Waals surface area (Å²) in [4.78, 5) is 27.3. The molecule has 0 amide bonds. The lowest BCUT2D eigenvalue weighted by Gasteiger charge is -2.43. The van der Waals surface area contributed by atoms with Crippen molar-refractivity contribution in [3.05, 3.63) is 48.7 Å². The summed E-state index contributed by atoms with van der Waals surface area (Å²) in [6.07, 6.45) is 6.04. The summed E-state index contributed by atoms with van der Waals surface area (Å²) >= 11 is 0. The minimum Gasteiger partial charge on any atom is -0.301 e. The first-order valence-corrected chi connectivity index (χ1v) is 11.0. The van der Waals surface area contributed by atoms with E-state index in [0.29, 0.717) is 5.92 Å². The zero-order chi connectivity index (χ0) is 21.7. The number of rotatable bonds is 7. The van der Waals surface area contributed by atoms with Gasteiger partial charge in [-0.3, -0.25) is 25.1 Å². The second kappa shape index (κ2) is 7.27. The van der Waals surface area contributed by atoms with Crippen molar-refractivity contribution in [2.45, 2.75) is 31.0 Å². The van der Waals surface area contributed by atoms with Gasteiger partial charge in [-0.05, 0) is 48.1 Å². The van der Waals surface area contributed by atoms with Crippen LogP contribution in [-0.2, 0) is 9.59 Å². The topological polar surface area (TPSA) is 93.7 Å². The molecule has 2 aliphatic heterocycles. The monoisotopic (exact) mass is 428 g/mol. The molecule has 3 heterocycles. The van der Waals surface area contributed by atoms with Crippen LogP contribution < -0.4 is 10.3 Å². The van der Waals surface area contributed by atoms with Crippen LogP contribution in [0.15, 0.2) is 53.8 Å². The quantitative estimate of drug-likeness (QED) is 0.562. The third-order valence-electron chi connectivity index (χ3n) is 6.97. The first-order valence-electron chi connectivity index (χ1n) is 11.0. The van der Waals surface area contributed by atoms with Crippen LogP contribution in [0.5, 0.6) is 0 Å². The number of nitrogens with one attached hydrogen (secondary N) is 2. The maximum absolute atomic E-state index is 11.7. The summed E-state index contributed by atoms with van der Waals surface area (Å²) in [6, 6.07) is 14.4. The number of aromatic nitrogens is 2. The van der Waals surface area contributed by atoms with Gasteiger partial charge in [0.25, 0.3) is 0 Å². The van der Waals surface area contributed by atoms with E-state index in [1.54, 1.807) is 0 Å². The highest BCUT2D eigenvalue weighted by Gasteiger charge is 2.52. The Morgan fingerprint density at radius 2 is 1.84 bits per heavy atom. The number of fused-ring (bicyclic) bond motifs is 1. The lowest BCUT2D eigenvalue weighted by Crippen LogP contribution is -2.55. The molecule has 0 spiro atoms. The van der Waals surface area contributed by atoms with Crippen LogP contribution in [0, 0.1) is 5.92 Å². The highest BCUT2D eigenvalue weighted by molar-refractivity contribution is 6.02. The number of carbonyl (C=O) groups is 2. The van der Waals surface area contributed by atoms with E-state index in [1.807, 2.05) is 23.2 Å². The molecule has 2 aromatic carbocycles. The summed E-state index contributed by atoms with van der Waals surface area (Å²) in [5, 5.41) is 12.6. The second-order valence-electron chi connectivity index (χ2n) is 9.02. The Morgan fingerprint density at radius 3 is 2.56 bits per heavy atom. The zero-order valence-electron chi connectivity index (χ0n) is 17.6. The highest BCUT2D eigenvalue weighted by Crippen LogP contribution is 2.44. The van der Waals surface area contributed by atoms with Crippen molar-refractivity contribution in [2.75, 3.05) is 18.0 Å². The second-order valence-corrected chi connectivity index (χ2v) is 9.02. The van der Waals surface area contributed by atoms with E-state index in [4.69, 9.17) is 0 Å². The third-order valence-corrected chi connectivity index (χ3v) is 6.97. The smallest absolute Gasteiger partial charge is 0.177 e. The van der Waals surface area contributed by atoms with Gasteiger partial charge in [-0.25, -0.2) is 0 Å². The molecule has 8 heteroatoms. The normalized spacial score (nSPS) is 22.3. The number of hydrazone groups is 1. The van der Waals surface area contributed by atoms with Gasteiger partial charge in [-0.15, -0.1) is 0 Å². The van der Waals surface area contributed by atoms with Crippen molar-refractivity contribution in [3.8, 4) is 11.1 Å². The Kier molecular flexibility index (Phi) is 4.36. The number of hydrogen-bond donors (Lipinski definition) is 2. The fourth-order valence-corrected chi connectivity index (χ4v) is 4.85. The lowest BCUT2D eigenvalue weighted by molar-refractivity contribution is -0.116. The molecule has 2 N–H and O–H groups in total. The third kappa shape index (κ3) is 3.10. The number of aldehydes is 2. The molecule has 1 aliphatic carbocycles. The first-order chi connectivity index (χ1) is 15.7. The van der Waals surface area contributed by atoms with Gasteiger partial charge in [0, 0.05) is 30.6 Å². The van der Waals surface area contributed by atoms with Gasteiger partial charge in [0.2, 0.25) is 0 Å². The molecule has 3 aliphatic rings. The molecule has 162 valence electrons. The minimum absolute atomic E-state index is 0.188. The summed E-state index contributed by atoms with van der Waals surface area (Å²) in [7, 11) is 0. The molecule has 1 saturated heterocycles. The van der Waals surface area contributed by atoms with Crippen molar-refractivity contribution in [3.63, 3.8) is 0 Å². The minimum atomic E-state index is -0.502. The largest absolute Gasteiger partial charge is 0.301 e. The number of anilines is 1. The van der Waals surface area contributed by atoms with E-state index in [1.165, 1.54) is 0 Å². The Labute approximate surface area is 185 Å². The van der Waals surface area contributed by atoms with Gasteiger partial charge < -0.3 is 4.79 Å². The van der Waals surface area contributed by atoms with Crippen LogP contribution in [0.1, 0.15) is 19.3 Å². The summed E-state index contributed by atoms with van der Waals surface area (Å²) < 4.78 is 0. The summed E-state index contributed by atoms with van der Waals surface area (Å²) in [5.41, 5.74) is 6.90. The van der Waals surface area contributed by atoms with E-state index < -0.39 is 6.17 Å². The fraction of sp³-hybridized carbons (Fsp3) is 0.333. The number of benzene rings is 2. The molecule has 1 aromatic heterocycles. The molecular formula is C24H24N6O2. The maximum Gasteiger partial charge on any atom is 0.177 e. The molecule has 8 nitrogen and oxygen atoms in total. The van der Waals surface area contributed by atoms with Crippen molar-refractivity contribution in [1.82, 2.24) is 20.5 Å². The summed E-state index contributed by atoms with van der Waals surface area (Å²) in [5.74, 6) is 1.32. The van der Waals surface area contributed by atoms with Crippen LogP contribution in [0.25, 0.3) is 22.0 Å². The molecule has 6 rings (SSSR count). The molecule has 2 fully saturated rings. The summed E-state index contributed by atoms with van der Waals surface area (Å²) in [6.45, 7) is 1.82. The van der Waals surface area contributed by atoms with Gasteiger partial charge in [-0.1, -0.05) is 24.3 Å². The van der Waals surface area contributed by atoms with Gasteiger partial charge in [0.05, 0.1) is 17.3 Å². The van der Waals surface area contributed by atoms with E-state index in [0.717, 1.165) is 78.5 Å². The van der Waals surface area contributed by atoms with Gasteiger partial charge in [0.1, 0.15) is 12.1 Å². The predicted octanol–water partition coefficient (Wildman–Crippen LogP) is 2.53. The van der Waals surface area contributed by atoms with Crippen LogP contribution in [-0.4, -0.2) is 58.3 Å². The Morgan fingerprint density at radius 1 is 1.06 bits per heavy atom. The van der Waals surface area contributed by atoms with E-state index in [9.17, 15) is 9.59 Å². The van der Waals surface area contributed by atoms with E-state index in [-0.39, 0.29) is 5.54 Å². The SMILES string of the molecule is O=CC1NN=C(CC2CN(C3(C=O)CC3)C2)N1c1ccc(-c2ccc3cn[nH]c3c2)cc1. The predicted molar refractivity (Wildman–Crippen MR) is 122 cm³/mol.